The fraction of sp³-hybridized carbons (Fsp3) is 0.500. The van der Waals surface area contributed by atoms with Gasteiger partial charge in [0.1, 0.15) is 0 Å². The molecule has 1 rings (SSSR count). The van der Waals surface area contributed by atoms with Crippen molar-refractivity contribution in [2.75, 3.05) is 18.1 Å². The predicted molar refractivity (Wildman–Crippen MR) is 82.2 cm³/mol. The second-order valence-corrected chi connectivity index (χ2v) is 7.81. The molecule has 0 saturated heterocycles. The Labute approximate surface area is 129 Å². The van der Waals surface area contributed by atoms with Gasteiger partial charge in [0.2, 0.25) is 0 Å². The fourth-order valence-electron chi connectivity index (χ4n) is 1.56. The first-order valence-corrected chi connectivity index (χ1v) is 8.81. The molecule has 0 fully saturated rings. The van der Waals surface area contributed by atoms with Crippen molar-refractivity contribution in [3.8, 4) is 0 Å². The Morgan fingerprint density at radius 1 is 1.21 bits per heavy atom. The molecule has 0 aliphatic carbocycles. The molecule has 0 saturated carbocycles. The van der Waals surface area contributed by atoms with Gasteiger partial charge in [-0.2, -0.15) is 0 Å². The molecular formula is C12H16Cl3NO2S. The van der Waals surface area contributed by atoms with Crippen molar-refractivity contribution >= 4 is 44.6 Å². The van der Waals surface area contributed by atoms with E-state index in [0.29, 0.717) is 21.6 Å². The van der Waals surface area contributed by atoms with Crippen LogP contribution in [0.4, 0.5) is 0 Å². The summed E-state index contributed by atoms with van der Waals surface area (Å²) < 4.78 is 22.8. The van der Waals surface area contributed by atoms with Gasteiger partial charge in [-0.25, -0.2) is 8.42 Å². The molecule has 1 N–H and O–H groups in total. The van der Waals surface area contributed by atoms with E-state index in [2.05, 4.69) is 5.32 Å². The zero-order valence-corrected chi connectivity index (χ0v) is 13.8. The summed E-state index contributed by atoms with van der Waals surface area (Å²) in [6.07, 6.45) is 0. The average molecular weight is 345 g/mol. The highest BCUT2D eigenvalue weighted by atomic mass is 35.5. The number of hydrogen-bond donors (Lipinski definition) is 1. The first-order valence-electron chi connectivity index (χ1n) is 5.85. The number of rotatable bonds is 6. The summed E-state index contributed by atoms with van der Waals surface area (Å²) in [5.74, 6) is 0.253. The molecular weight excluding hydrogens is 329 g/mol. The lowest BCUT2D eigenvalue weighted by Crippen LogP contribution is -2.26. The predicted octanol–water partition coefficient (Wildman–Crippen LogP) is 3.73. The third-order valence-electron chi connectivity index (χ3n) is 2.83. The number of sulfone groups is 1. The second kappa shape index (κ2) is 7.14. The number of benzene rings is 1. The van der Waals surface area contributed by atoms with Crippen molar-refractivity contribution < 1.29 is 8.42 Å². The van der Waals surface area contributed by atoms with Gasteiger partial charge in [0.25, 0.3) is 0 Å². The first-order chi connectivity index (χ1) is 8.78. The molecule has 1 atom stereocenters. The molecule has 1 aromatic rings. The minimum atomic E-state index is -2.97. The standard InChI is InChI=1S/C12H16Cl3NO2S/c1-3-19(17,18)7-6-16-8(2)9-4-5-10(13)12(15)11(9)14/h4-5,8,16H,3,6-7H2,1-2H3. The van der Waals surface area contributed by atoms with E-state index in [0.717, 1.165) is 5.56 Å². The summed E-state index contributed by atoms with van der Waals surface area (Å²) in [5.41, 5.74) is 0.796. The highest BCUT2D eigenvalue weighted by Crippen LogP contribution is 2.35. The summed E-state index contributed by atoms with van der Waals surface area (Å²) in [5, 5.41) is 4.22. The Bertz CT molecular complexity index is 546. The Hall–Kier alpha value is -0.000000000000000167. The lowest BCUT2D eigenvalue weighted by Gasteiger charge is -2.16. The van der Waals surface area contributed by atoms with E-state index in [1.54, 1.807) is 19.1 Å². The Balaban J connectivity index is 2.69. The minimum Gasteiger partial charge on any atom is -0.309 e. The van der Waals surface area contributed by atoms with Crippen LogP contribution in [0.2, 0.25) is 15.1 Å². The Kier molecular flexibility index (Phi) is 6.40. The van der Waals surface area contributed by atoms with E-state index in [1.165, 1.54) is 0 Å². The largest absolute Gasteiger partial charge is 0.309 e. The van der Waals surface area contributed by atoms with Gasteiger partial charge in [0.15, 0.2) is 9.84 Å². The van der Waals surface area contributed by atoms with Gasteiger partial charge in [0, 0.05) is 18.3 Å². The summed E-state index contributed by atoms with van der Waals surface area (Å²) in [4.78, 5) is 0. The summed E-state index contributed by atoms with van der Waals surface area (Å²) >= 11 is 17.9. The van der Waals surface area contributed by atoms with E-state index in [1.807, 2.05) is 6.92 Å². The normalized spacial score (nSPS) is 13.5. The zero-order chi connectivity index (χ0) is 14.6. The van der Waals surface area contributed by atoms with E-state index < -0.39 is 9.84 Å². The number of nitrogens with one attached hydrogen (secondary N) is 1. The molecule has 0 aromatic heterocycles. The molecule has 1 unspecified atom stereocenters. The molecule has 19 heavy (non-hydrogen) atoms. The van der Waals surface area contributed by atoms with Gasteiger partial charge < -0.3 is 5.32 Å². The molecule has 0 bridgehead atoms. The molecule has 7 heteroatoms. The molecule has 1 aromatic carbocycles. The van der Waals surface area contributed by atoms with Crippen LogP contribution in [0.1, 0.15) is 25.5 Å². The Morgan fingerprint density at radius 3 is 2.42 bits per heavy atom. The highest BCUT2D eigenvalue weighted by molar-refractivity contribution is 7.91. The van der Waals surface area contributed by atoms with Crippen LogP contribution in [0.25, 0.3) is 0 Å². The van der Waals surface area contributed by atoms with Crippen LogP contribution >= 0.6 is 34.8 Å². The summed E-state index contributed by atoms with van der Waals surface area (Å²) in [7, 11) is -2.97. The zero-order valence-electron chi connectivity index (χ0n) is 10.7. The monoisotopic (exact) mass is 343 g/mol. The third-order valence-corrected chi connectivity index (χ3v) is 5.85. The lowest BCUT2D eigenvalue weighted by molar-refractivity contribution is 0.573. The maximum absolute atomic E-state index is 11.4. The topological polar surface area (TPSA) is 46.2 Å². The maximum Gasteiger partial charge on any atom is 0.151 e. The molecule has 0 spiro atoms. The number of halogens is 3. The van der Waals surface area contributed by atoms with E-state index >= 15 is 0 Å². The average Bonchev–Trinajstić information content (AvgIpc) is 2.35. The van der Waals surface area contributed by atoms with Crippen LogP contribution < -0.4 is 5.32 Å². The van der Waals surface area contributed by atoms with Crippen LogP contribution in [0.3, 0.4) is 0 Å². The van der Waals surface area contributed by atoms with Crippen LogP contribution in [0.15, 0.2) is 12.1 Å². The lowest BCUT2D eigenvalue weighted by atomic mass is 10.1. The third kappa shape index (κ3) is 4.80. The van der Waals surface area contributed by atoms with Gasteiger partial charge in [-0.15, -0.1) is 0 Å². The van der Waals surface area contributed by atoms with Crippen molar-refractivity contribution in [3.63, 3.8) is 0 Å². The number of hydrogen-bond acceptors (Lipinski definition) is 3. The molecule has 0 amide bonds. The fourth-order valence-corrected chi connectivity index (χ4v) is 2.98. The molecule has 0 aliphatic rings. The highest BCUT2D eigenvalue weighted by Gasteiger charge is 2.15. The van der Waals surface area contributed by atoms with Crippen LogP contribution in [0.5, 0.6) is 0 Å². The van der Waals surface area contributed by atoms with Crippen LogP contribution in [-0.2, 0) is 9.84 Å². The molecule has 0 heterocycles. The minimum absolute atomic E-state index is 0.102. The van der Waals surface area contributed by atoms with Crippen molar-refractivity contribution in [2.45, 2.75) is 19.9 Å². The summed E-state index contributed by atoms with van der Waals surface area (Å²) in [6, 6.07) is 3.35. The van der Waals surface area contributed by atoms with Crippen LogP contribution in [-0.4, -0.2) is 26.5 Å². The van der Waals surface area contributed by atoms with E-state index in [9.17, 15) is 8.42 Å². The van der Waals surface area contributed by atoms with Crippen LogP contribution in [0, 0.1) is 0 Å². The van der Waals surface area contributed by atoms with Gasteiger partial charge in [-0.1, -0.05) is 47.8 Å². The van der Waals surface area contributed by atoms with Crippen molar-refractivity contribution in [1.29, 1.82) is 0 Å². The SMILES string of the molecule is CCS(=O)(=O)CCNC(C)c1ccc(Cl)c(Cl)c1Cl. The van der Waals surface area contributed by atoms with Gasteiger partial charge in [-0.3, -0.25) is 0 Å². The second-order valence-electron chi connectivity index (χ2n) is 4.18. The van der Waals surface area contributed by atoms with Gasteiger partial charge >= 0.3 is 0 Å². The quantitative estimate of drug-likeness (QED) is 0.800. The van der Waals surface area contributed by atoms with Crippen molar-refractivity contribution in [3.05, 3.63) is 32.8 Å². The molecule has 0 aliphatic heterocycles. The molecule has 3 nitrogen and oxygen atoms in total. The summed E-state index contributed by atoms with van der Waals surface area (Å²) in [6.45, 7) is 3.90. The Morgan fingerprint density at radius 2 is 1.84 bits per heavy atom. The van der Waals surface area contributed by atoms with E-state index in [4.69, 9.17) is 34.8 Å². The van der Waals surface area contributed by atoms with Crippen molar-refractivity contribution in [2.24, 2.45) is 0 Å². The first kappa shape index (κ1) is 17.1. The smallest absolute Gasteiger partial charge is 0.151 e. The molecule has 0 radical (unpaired) electrons. The van der Waals surface area contributed by atoms with Gasteiger partial charge in [0.05, 0.1) is 20.8 Å². The van der Waals surface area contributed by atoms with Gasteiger partial charge in [-0.05, 0) is 18.6 Å². The van der Waals surface area contributed by atoms with Crippen molar-refractivity contribution in [1.82, 2.24) is 5.32 Å². The van der Waals surface area contributed by atoms with E-state index in [-0.39, 0.29) is 17.5 Å². The molecule has 108 valence electrons. The maximum atomic E-state index is 11.4.